The molecule has 0 aliphatic heterocycles. The van der Waals surface area contributed by atoms with Crippen molar-refractivity contribution in [2.45, 2.75) is 6.92 Å². The van der Waals surface area contributed by atoms with Crippen LogP contribution in [0, 0.1) is 0 Å². The van der Waals surface area contributed by atoms with E-state index in [-0.39, 0.29) is 18.9 Å². The predicted octanol–water partition coefficient (Wildman–Crippen LogP) is 0.844. The third-order valence-corrected chi connectivity index (χ3v) is 4.14. The van der Waals surface area contributed by atoms with Gasteiger partial charge in [0.05, 0.1) is 31.7 Å². The monoisotopic (exact) mass is 259 g/mol. The van der Waals surface area contributed by atoms with Crippen molar-refractivity contribution in [3.63, 3.8) is 0 Å². The Bertz CT molecular complexity index is 458. The van der Waals surface area contributed by atoms with Gasteiger partial charge in [-0.15, -0.1) is 0 Å². The quantitative estimate of drug-likeness (QED) is 0.822. The van der Waals surface area contributed by atoms with Crippen LogP contribution in [0.2, 0.25) is 0 Å². The highest BCUT2D eigenvalue weighted by molar-refractivity contribution is 7.92. The highest BCUT2D eigenvalue weighted by atomic mass is 32.2. The number of benzene rings is 1. The van der Waals surface area contributed by atoms with Crippen LogP contribution in [-0.4, -0.2) is 39.5 Å². The largest absolute Gasteiger partial charge is 0.497 e. The van der Waals surface area contributed by atoms with Gasteiger partial charge in [-0.1, -0.05) is 6.07 Å². The number of hydrogen-bond donors (Lipinski definition) is 1. The number of aliphatic hydroxyl groups is 1. The van der Waals surface area contributed by atoms with E-state index in [0.29, 0.717) is 11.4 Å². The van der Waals surface area contributed by atoms with Crippen molar-refractivity contribution in [1.29, 1.82) is 0 Å². The van der Waals surface area contributed by atoms with Crippen LogP contribution in [0.25, 0.3) is 0 Å². The van der Waals surface area contributed by atoms with Crippen LogP contribution in [0.5, 0.6) is 5.75 Å². The first-order chi connectivity index (χ1) is 8.05. The maximum absolute atomic E-state index is 11.9. The van der Waals surface area contributed by atoms with Gasteiger partial charge < -0.3 is 9.84 Å². The number of aliphatic hydroxyl groups excluding tert-OH is 1. The molecule has 0 saturated carbocycles. The Balaban J connectivity index is 3.13. The lowest BCUT2D eigenvalue weighted by Crippen LogP contribution is -2.34. The van der Waals surface area contributed by atoms with Crippen molar-refractivity contribution in [1.82, 2.24) is 0 Å². The average molecular weight is 259 g/mol. The zero-order valence-electron chi connectivity index (χ0n) is 9.96. The molecule has 0 saturated heterocycles. The van der Waals surface area contributed by atoms with Crippen LogP contribution < -0.4 is 9.04 Å². The lowest BCUT2D eigenvalue weighted by Gasteiger charge is -2.23. The van der Waals surface area contributed by atoms with Gasteiger partial charge in [0.15, 0.2) is 0 Å². The normalized spacial score (nSPS) is 11.2. The number of rotatable bonds is 6. The molecule has 1 aromatic rings. The van der Waals surface area contributed by atoms with Crippen molar-refractivity contribution < 1.29 is 18.3 Å². The molecule has 0 atom stereocenters. The average Bonchev–Trinajstić information content (AvgIpc) is 2.35. The molecule has 0 bridgehead atoms. The molecule has 1 N–H and O–H groups in total. The van der Waals surface area contributed by atoms with E-state index in [1.807, 2.05) is 0 Å². The van der Waals surface area contributed by atoms with Gasteiger partial charge >= 0.3 is 0 Å². The van der Waals surface area contributed by atoms with E-state index < -0.39 is 10.0 Å². The Morgan fingerprint density at radius 2 is 2.12 bits per heavy atom. The number of sulfonamides is 1. The zero-order chi connectivity index (χ0) is 12.9. The molecule has 0 heterocycles. The summed E-state index contributed by atoms with van der Waals surface area (Å²) in [4.78, 5) is 0. The second-order valence-electron chi connectivity index (χ2n) is 3.40. The molecule has 0 aliphatic rings. The van der Waals surface area contributed by atoms with E-state index in [1.54, 1.807) is 31.2 Å². The Kier molecular flexibility index (Phi) is 4.77. The number of anilines is 1. The Morgan fingerprint density at radius 3 is 2.65 bits per heavy atom. The fourth-order valence-electron chi connectivity index (χ4n) is 1.44. The van der Waals surface area contributed by atoms with Gasteiger partial charge in [0.1, 0.15) is 5.75 Å². The fraction of sp³-hybridized carbons (Fsp3) is 0.455. The van der Waals surface area contributed by atoms with Crippen LogP contribution in [0.3, 0.4) is 0 Å². The lowest BCUT2D eigenvalue weighted by molar-refractivity contribution is 0.306. The topological polar surface area (TPSA) is 66.8 Å². The molecule has 0 aromatic heterocycles. The van der Waals surface area contributed by atoms with Crippen LogP contribution in [0.15, 0.2) is 24.3 Å². The molecular formula is C11H17NO4S. The lowest BCUT2D eigenvalue weighted by atomic mass is 10.3. The summed E-state index contributed by atoms with van der Waals surface area (Å²) in [5.74, 6) is 0.571. The number of nitrogens with zero attached hydrogens (tertiary/aromatic N) is 1. The minimum absolute atomic E-state index is 0.00971. The minimum Gasteiger partial charge on any atom is -0.497 e. The summed E-state index contributed by atoms with van der Waals surface area (Å²) in [7, 11) is -1.87. The summed E-state index contributed by atoms with van der Waals surface area (Å²) in [6.45, 7) is 1.39. The van der Waals surface area contributed by atoms with Crippen LogP contribution in [0.4, 0.5) is 5.69 Å². The van der Waals surface area contributed by atoms with E-state index in [4.69, 9.17) is 9.84 Å². The molecule has 0 fully saturated rings. The second kappa shape index (κ2) is 5.88. The fourth-order valence-corrected chi connectivity index (χ4v) is 2.55. The molecule has 0 unspecified atom stereocenters. The van der Waals surface area contributed by atoms with E-state index in [0.717, 1.165) is 0 Å². The van der Waals surface area contributed by atoms with Gasteiger partial charge in [-0.3, -0.25) is 4.31 Å². The number of hydrogen-bond acceptors (Lipinski definition) is 4. The summed E-state index contributed by atoms with van der Waals surface area (Å²) in [5.41, 5.74) is 0.500. The van der Waals surface area contributed by atoms with Crippen LogP contribution in [0.1, 0.15) is 6.92 Å². The first-order valence-corrected chi connectivity index (χ1v) is 6.91. The molecular weight excluding hydrogens is 242 g/mol. The highest BCUT2D eigenvalue weighted by Gasteiger charge is 2.20. The third-order valence-electron chi connectivity index (χ3n) is 2.34. The molecule has 0 spiro atoms. The van der Waals surface area contributed by atoms with E-state index in [2.05, 4.69) is 0 Å². The Hall–Kier alpha value is -1.27. The first-order valence-electron chi connectivity index (χ1n) is 5.30. The molecule has 1 rings (SSSR count). The number of methoxy groups -OCH3 is 1. The van der Waals surface area contributed by atoms with Gasteiger partial charge in [-0.05, 0) is 19.1 Å². The molecule has 17 heavy (non-hydrogen) atoms. The van der Waals surface area contributed by atoms with Crippen molar-refractivity contribution >= 4 is 15.7 Å². The van der Waals surface area contributed by atoms with E-state index in [9.17, 15) is 8.42 Å². The van der Waals surface area contributed by atoms with Crippen molar-refractivity contribution in [2.75, 3.05) is 30.3 Å². The molecule has 5 nitrogen and oxygen atoms in total. The van der Waals surface area contributed by atoms with Crippen molar-refractivity contribution in [3.05, 3.63) is 24.3 Å². The smallest absolute Gasteiger partial charge is 0.234 e. The number of ether oxygens (including phenoxy) is 1. The van der Waals surface area contributed by atoms with Crippen LogP contribution in [-0.2, 0) is 10.0 Å². The molecule has 1 aromatic carbocycles. The van der Waals surface area contributed by atoms with E-state index >= 15 is 0 Å². The van der Waals surface area contributed by atoms with E-state index in [1.165, 1.54) is 11.4 Å². The van der Waals surface area contributed by atoms with Gasteiger partial charge in [0, 0.05) is 6.07 Å². The summed E-state index contributed by atoms with van der Waals surface area (Å²) in [6, 6.07) is 6.75. The Labute approximate surface area is 102 Å². The molecule has 0 amide bonds. The van der Waals surface area contributed by atoms with Gasteiger partial charge in [0.2, 0.25) is 10.0 Å². The van der Waals surface area contributed by atoms with Gasteiger partial charge in [0.25, 0.3) is 0 Å². The molecule has 6 heteroatoms. The third kappa shape index (κ3) is 3.34. The summed E-state index contributed by atoms with van der Waals surface area (Å²) < 4.78 is 30.0. The second-order valence-corrected chi connectivity index (χ2v) is 5.58. The first kappa shape index (κ1) is 13.8. The van der Waals surface area contributed by atoms with Gasteiger partial charge in [-0.25, -0.2) is 8.42 Å². The Morgan fingerprint density at radius 1 is 1.41 bits per heavy atom. The van der Waals surface area contributed by atoms with Crippen molar-refractivity contribution in [2.24, 2.45) is 0 Å². The minimum atomic E-state index is -3.38. The molecule has 96 valence electrons. The molecule has 0 aliphatic carbocycles. The predicted molar refractivity (Wildman–Crippen MR) is 66.9 cm³/mol. The summed E-state index contributed by atoms with van der Waals surface area (Å²) >= 11 is 0. The van der Waals surface area contributed by atoms with Crippen LogP contribution >= 0.6 is 0 Å². The summed E-state index contributed by atoms with van der Waals surface area (Å²) in [5, 5.41) is 8.95. The standard InChI is InChI=1S/C11H17NO4S/c1-3-17(14,15)12(7-8-13)10-5-4-6-11(9-10)16-2/h4-6,9,13H,3,7-8H2,1-2H3. The highest BCUT2D eigenvalue weighted by Crippen LogP contribution is 2.23. The van der Waals surface area contributed by atoms with Gasteiger partial charge in [-0.2, -0.15) is 0 Å². The SMILES string of the molecule is CCS(=O)(=O)N(CCO)c1cccc(OC)c1. The van der Waals surface area contributed by atoms with Crippen molar-refractivity contribution in [3.8, 4) is 5.75 Å². The maximum atomic E-state index is 11.9. The molecule has 0 radical (unpaired) electrons. The zero-order valence-corrected chi connectivity index (χ0v) is 10.8. The maximum Gasteiger partial charge on any atom is 0.234 e. The summed E-state index contributed by atoms with van der Waals surface area (Å²) in [6.07, 6.45) is 0.